The fourth-order valence-corrected chi connectivity index (χ4v) is 2.97. The molecule has 0 saturated heterocycles. The second-order valence-corrected chi connectivity index (χ2v) is 6.33. The van der Waals surface area contributed by atoms with Gasteiger partial charge in [-0.05, 0) is 29.8 Å². The van der Waals surface area contributed by atoms with Gasteiger partial charge >= 0.3 is 0 Å². The molecule has 1 amide bonds. The molecule has 0 heterocycles. The van der Waals surface area contributed by atoms with Gasteiger partial charge in [0, 0.05) is 5.56 Å². The molecule has 0 fully saturated rings. The van der Waals surface area contributed by atoms with E-state index >= 15 is 0 Å². The lowest BCUT2D eigenvalue weighted by Gasteiger charge is -2.15. The molecule has 5 nitrogen and oxygen atoms in total. The van der Waals surface area contributed by atoms with Crippen molar-refractivity contribution in [3.8, 4) is 17.2 Å². The molecule has 28 heavy (non-hydrogen) atoms. The Hall–Kier alpha value is -3.18. The summed E-state index contributed by atoms with van der Waals surface area (Å²) in [5.74, 6) is 1.00. The highest BCUT2D eigenvalue weighted by Crippen LogP contribution is 2.37. The number of anilines is 1. The van der Waals surface area contributed by atoms with Gasteiger partial charge in [-0.25, -0.2) is 0 Å². The molecule has 144 valence electrons. The molecule has 0 bridgehead atoms. The van der Waals surface area contributed by atoms with E-state index in [-0.39, 0.29) is 5.91 Å². The summed E-state index contributed by atoms with van der Waals surface area (Å²) in [4.78, 5) is 12.7. The Kier molecular flexibility index (Phi) is 6.40. The number of rotatable bonds is 7. The number of benzene rings is 3. The van der Waals surface area contributed by atoms with Crippen molar-refractivity contribution in [3.05, 3.63) is 82.9 Å². The van der Waals surface area contributed by atoms with Crippen LogP contribution in [0.3, 0.4) is 0 Å². The van der Waals surface area contributed by atoms with Crippen molar-refractivity contribution in [2.45, 2.75) is 6.61 Å². The topological polar surface area (TPSA) is 56.8 Å². The Morgan fingerprint density at radius 3 is 2.36 bits per heavy atom. The third-order valence-electron chi connectivity index (χ3n) is 4.07. The van der Waals surface area contributed by atoms with Crippen LogP contribution in [0.2, 0.25) is 5.02 Å². The summed E-state index contributed by atoms with van der Waals surface area (Å²) in [5, 5.41) is 3.11. The van der Waals surface area contributed by atoms with Crippen LogP contribution in [0.15, 0.2) is 66.7 Å². The maximum atomic E-state index is 12.7. The molecule has 0 atom stereocenters. The first kappa shape index (κ1) is 19.6. The number of ether oxygens (including phenoxy) is 3. The SMILES string of the molecule is COc1ccccc1NC(=O)c1cc(Cl)c(OC)c(OCc2ccccc2)c1. The Bertz CT molecular complexity index is 960. The van der Waals surface area contributed by atoms with Crippen LogP contribution in [0.5, 0.6) is 17.2 Å². The number of para-hydroxylation sites is 2. The number of nitrogens with one attached hydrogen (secondary N) is 1. The van der Waals surface area contributed by atoms with E-state index in [2.05, 4.69) is 5.32 Å². The molecule has 3 rings (SSSR count). The van der Waals surface area contributed by atoms with Crippen molar-refractivity contribution in [2.75, 3.05) is 19.5 Å². The van der Waals surface area contributed by atoms with Crippen LogP contribution >= 0.6 is 11.6 Å². The molecule has 3 aromatic rings. The average molecular weight is 398 g/mol. The largest absolute Gasteiger partial charge is 0.495 e. The summed E-state index contributed by atoms with van der Waals surface area (Å²) < 4.78 is 16.5. The zero-order valence-electron chi connectivity index (χ0n) is 15.6. The second-order valence-electron chi connectivity index (χ2n) is 5.92. The third-order valence-corrected chi connectivity index (χ3v) is 4.35. The molecule has 0 aromatic heterocycles. The Balaban J connectivity index is 1.84. The van der Waals surface area contributed by atoms with Crippen LogP contribution in [0.4, 0.5) is 5.69 Å². The molecule has 1 N–H and O–H groups in total. The van der Waals surface area contributed by atoms with Crippen molar-refractivity contribution in [3.63, 3.8) is 0 Å². The Morgan fingerprint density at radius 2 is 1.64 bits per heavy atom. The zero-order chi connectivity index (χ0) is 19.9. The lowest BCUT2D eigenvalue weighted by Crippen LogP contribution is -2.13. The van der Waals surface area contributed by atoms with E-state index in [0.717, 1.165) is 5.56 Å². The first-order valence-corrected chi connectivity index (χ1v) is 8.98. The Morgan fingerprint density at radius 1 is 0.929 bits per heavy atom. The molecule has 0 spiro atoms. The second kappa shape index (κ2) is 9.15. The van der Waals surface area contributed by atoms with E-state index in [0.29, 0.717) is 40.1 Å². The smallest absolute Gasteiger partial charge is 0.255 e. The van der Waals surface area contributed by atoms with E-state index in [1.165, 1.54) is 7.11 Å². The minimum atomic E-state index is -0.335. The number of hydrogen-bond acceptors (Lipinski definition) is 4. The van der Waals surface area contributed by atoms with Crippen LogP contribution in [0, 0.1) is 0 Å². The number of halogens is 1. The van der Waals surface area contributed by atoms with E-state index in [4.69, 9.17) is 25.8 Å². The normalized spacial score (nSPS) is 10.2. The van der Waals surface area contributed by atoms with Gasteiger partial charge in [0.2, 0.25) is 0 Å². The molecule has 0 aliphatic heterocycles. The number of hydrogen-bond donors (Lipinski definition) is 1. The predicted octanol–water partition coefficient (Wildman–Crippen LogP) is 5.19. The van der Waals surface area contributed by atoms with Crippen molar-refractivity contribution in [1.29, 1.82) is 0 Å². The molecule has 0 aliphatic carbocycles. The summed E-state index contributed by atoms with van der Waals surface area (Å²) in [6.07, 6.45) is 0. The molecule has 0 saturated carbocycles. The van der Waals surface area contributed by atoms with Crippen LogP contribution in [0.25, 0.3) is 0 Å². The minimum Gasteiger partial charge on any atom is -0.495 e. The highest BCUT2D eigenvalue weighted by atomic mass is 35.5. The molecule has 0 unspecified atom stereocenters. The predicted molar refractivity (Wildman–Crippen MR) is 110 cm³/mol. The molecular formula is C22H20ClNO4. The highest BCUT2D eigenvalue weighted by Gasteiger charge is 2.17. The monoisotopic (exact) mass is 397 g/mol. The van der Waals surface area contributed by atoms with E-state index in [1.807, 2.05) is 42.5 Å². The van der Waals surface area contributed by atoms with Gasteiger partial charge in [-0.2, -0.15) is 0 Å². The average Bonchev–Trinajstić information content (AvgIpc) is 2.73. The summed E-state index contributed by atoms with van der Waals surface area (Å²) in [7, 11) is 3.05. The maximum Gasteiger partial charge on any atom is 0.255 e. The maximum absolute atomic E-state index is 12.7. The van der Waals surface area contributed by atoms with E-state index in [9.17, 15) is 4.79 Å². The van der Waals surface area contributed by atoms with Gasteiger partial charge in [0.25, 0.3) is 5.91 Å². The summed E-state index contributed by atoms with van der Waals surface area (Å²) >= 11 is 6.31. The lowest BCUT2D eigenvalue weighted by atomic mass is 10.1. The van der Waals surface area contributed by atoms with Gasteiger partial charge in [0.15, 0.2) is 11.5 Å². The lowest BCUT2D eigenvalue weighted by molar-refractivity contribution is 0.102. The molecule has 0 radical (unpaired) electrons. The first-order valence-electron chi connectivity index (χ1n) is 8.61. The van der Waals surface area contributed by atoms with E-state index < -0.39 is 0 Å². The third kappa shape index (κ3) is 4.56. The quantitative estimate of drug-likeness (QED) is 0.596. The minimum absolute atomic E-state index is 0.290. The molecule has 0 aliphatic rings. The summed E-state index contributed by atoms with van der Waals surface area (Å²) in [6, 6.07) is 20.0. The van der Waals surface area contributed by atoms with Crippen molar-refractivity contribution >= 4 is 23.2 Å². The van der Waals surface area contributed by atoms with Crippen molar-refractivity contribution in [2.24, 2.45) is 0 Å². The van der Waals surface area contributed by atoms with Gasteiger partial charge in [-0.15, -0.1) is 0 Å². The number of carbonyl (C=O) groups is 1. The van der Waals surface area contributed by atoms with Crippen LogP contribution in [-0.4, -0.2) is 20.1 Å². The number of amides is 1. The zero-order valence-corrected chi connectivity index (χ0v) is 16.3. The van der Waals surface area contributed by atoms with Gasteiger partial charge in [0.05, 0.1) is 24.9 Å². The summed E-state index contributed by atoms with van der Waals surface area (Å²) in [6.45, 7) is 0.325. The van der Waals surface area contributed by atoms with Gasteiger partial charge in [-0.3, -0.25) is 4.79 Å². The first-order chi connectivity index (χ1) is 13.6. The fraction of sp³-hybridized carbons (Fsp3) is 0.136. The van der Waals surface area contributed by atoms with Crippen molar-refractivity contribution < 1.29 is 19.0 Å². The Labute approximate surface area is 168 Å². The van der Waals surface area contributed by atoms with Gasteiger partial charge in [0.1, 0.15) is 12.4 Å². The number of carbonyl (C=O) groups excluding carboxylic acids is 1. The molecule has 3 aromatic carbocycles. The summed E-state index contributed by atoms with van der Waals surface area (Å²) in [5.41, 5.74) is 1.90. The number of methoxy groups -OCH3 is 2. The van der Waals surface area contributed by atoms with E-state index in [1.54, 1.807) is 31.4 Å². The standard InChI is InChI=1S/C22H20ClNO4/c1-26-19-11-7-6-10-18(19)24-22(25)16-12-17(23)21(27-2)20(13-16)28-14-15-8-4-3-5-9-15/h3-13H,14H2,1-2H3,(H,24,25). The van der Waals surface area contributed by atoms with Gasteiger partial charge in [-0.1, -0.05) is 54.1 Å². The van der Waals surface area contributed by atoms with Crippen LogP contribution in [-0.2, 0) is 6.61 Å². The molecule has 6 heteroatoms. The molecular weight excluding hydrogens is 378 g/mol. The van der Waals surface area contributed by atoms with Crippen LogP contribution < -0.4 is 19.5 Å². The van der Waals surface area contributed by atoms with Crippen molar-refractivity contribution in [1.82, 2.24) is 0 Å². The van der Waals surface area contributed by atoms with Crippen LogP contribution in [0.1, 0.15) is 15.9 Å². The highest BCUT2D eigenvalue weighted by molar-refractivity contribution is 6.32. The fourth-order valence-electron chi connectivity index (χ4n) is 2.68. The van der Waals surface area contributed by atoms with Gasteiger partial charge < -0.3 is 19.5 Å².